The molecule has 0 saturated heterocycles. The predicted molar refractivity (Wildman–Crippen MR) is 102 cm³/mol. The van der Waals surface area contributed by atoms with Gasteiger partial charge in [0.15, 0.2) is 0 Å². The van der Waals surface area contributed by atoms with E-state index in [1.54, 1.807) is 0 Å². The van der Waals surface area contributed by atoms with Crippen molar-refractivity contribution in [2.24, 2.45) is 0 Å². The summed E-state index contributed by atoms with van der Waals surface area (Å²) in [6.07, 6.45) is 10.1. The van der Waals surface area contributed by atoms with E-state index in [0.717, 1.165) is 50.7 Å². The van der Waals surface area contributed by atoms with Crippen LogP contribution in [0, 0.1) is 0 Å². The molecule has 1 heterocycles. The van der Waals surface area contributed by atoms with Crippen molar-refractivity contribution >= 4 is 5.97 Å². The average Bonchev–Trinajstić information content (AvgIpc) is 2.88. The number of carbonyl (C=O) groups excluding carboxylic acids is 1. The van der Waals surface area contributed by atoms with Crippen LogP contribution in [0.2, 0.25) is 0 Å². The van der Waals surface area contributed by atoms with E-state index in [4.69, 9.17) is 9.47 Å². The van der Waals surface area contributed by atoms with E-state index in [2.05, 4.69) is 39.5 Å². The van der Waals surface area contributed by atoms with Crippen LogP contribution >= 0.6 is 0 Å². The van der Waals surface area contributed by atoms with Gasteiger partial charge in [0.25, 0.3) is 0 Å². The molecule has 0 fully saturated rings. The summed E-state index contributed by atoms with van der Waals surface area (Å²) in [5, 5.41) is 0. The van der Waals surface area contributed by atoms with E-state index in [-0.39, 0.29) is 18.2 Å². The first kappa shape index (κ1) is 19.7. The van der Waals surface area contributed by atoms with Gasteiger partial charge in [-0.3, -0.25) is 4.79 Å². The Morgan fingerprint density at radius 3 is 2.64 bits per heavy atom. The summed E-state index contributed by atoms with van der Waals surface area (Å²) in [6, 6.07) is 0. The lowest BCUT2D eigenvalue weighted by Crippen LogP contribution is -2.19. The van der Waals surface area contributed by atoms with Crippen molar-refractivity contribution in [1.29, 1.82) is 0 Å². The summed E-state index contributed by atoms with van der Waals surface area (Å²) in [5.74, 6) is -0.236. The molecule has 0 unspecified atom stereocenters. The van der Waals surface area contributed by atoms with Gasteiger partial charge in [0.1, 0.15) is 6.10 Å². The normalized spacial score (nSPS) is 30.6. The highest BCUT2D eigenvalue weighted by atomic mass is 16.5. The Kier molecular flexibility index (Phi) is 7.24. The van der Waals surface area contributed by atoms with Crippen LogP contribution in [-0.4, -0.2) is 24.8 Å². The van der Waals surface area contributed by atoms with E-state index >= 15 is 0 Å². The lowest BCUT2D eigenvalue weighted by Gasteiger charge is -2.20. The van der Waals surface area contributed by atoms with Crippen LogP contribution in [0.25, 0.3) is 0 Å². The van der Waals surface area contributed by atoms with Gasteiger partial charge < -0.3 is 9.47 Å². The first-order valence-corrected chi connectivity index (χ1v) is 9.34. The van der Waals surface area contributed by atoms with Gasteiger partial charge in [-0.05, 0) is 76.0 Å². The van der Waals surface area contributed by atoms with Gasteiger partial charge in [0, 0.05) is 6.92 Å². The third-order valence-electron chi connectivity index (χ3n) is 5.12. The Balaban J connectivity index is 2.20. The van der Waals surface area contributed by atoms with Crippen LogP contribution in [0.4, 0.5) is 0 Å². The van der Waals surface area contributed by atoms with Gasteiger partial charge >= 0.3 is 5.97 Å². The standard InChI is InChI=1S/C22H32O3/c1-15-7-6-8-17(3)21(25-19(5)23)12-10-16(2)13-22-20(11-9-15)18(4)14-24-22/h7,13,21-22H,3,6,8-12,14H2,1-2,4-5H3/b15-7+,16-13+/t21-,22-/m0/s1. The van der Waals surface area contributed by atoms with E-state index < -0.39 is 0 Å². The Labute approximate surface area is 152 Å². The van der Waals surface area contributed by atoms with Gasteiger partial charge in [-0.2, -0.15) is 0 Å². The largest absolute Gasteiger partial charge is 0.458 e. The monoisotopic (exact) mass is 344 g/mol. The Morgan fingerprint density at radius 2 is 1.92 bits per heavy atom. The molecule has 25 heavy (non-hydrogen) atoms. The van der Waals surface area contributed by atoms with Crippen LogP contribution in [0.3, 0.4) is 0 Å². The maximum atomic E-state index is 11.4. The second-order valence-corrected chi connectivity index (χ2v) is 7.43. The van der Waals surface area contributed by atoms with Gasteiger partial charge in [-0.25, -0.2) is 0 Å². The molecular weight excluding hydrogens is 312 g/mol. The number of allylic oxidation sites excluding steroid dienone is 3. The third-order valence-corrected chi connectivity index (χ3v) is 5.12. The van der Waals surface area contributed by atoms with Crippen molar-refractivity contribution in [3.8, 4) is 0 Å². The lowest BCUT2D eigenvalue weighted by molar-refractivity contribution is -0.144. The molecule has 1 aliphatic carbocycles. The smallest absolute Gasteiger partial charge is 0.303 e. The number of rotatable bonds is 1. The zero-order valence-corrected chi connectivity index (χ0v) is 16.2. The third kappa shape index (κ3) is 6.00. The lowest BCUT2D eigenvalue weighted by atomic mass is 9.93. The summed E-state index contributed by atoms with van der Waals surface area (Å²) in [7, 11) is 0. The molecule has 0 aromatic rings. The van der Waals surface area contributed by atoms with Crippen molar-refractivity contribution in [3.05, 3.63) is 46.6 Å². The molecule has 138 valence electrons. The Hall–Kier alpha value is -1.61. The molecule has 0 radical (unpaired) electrons. The van der Waals surface area contributed by atoms with Crippen LogP contribution < -0.4 is 0 Å². The second kappa shape index (κ2) is 9.19. The summed E-state index contributed by atoms with van der Waals surface area (Å²) in [6.45, 7) is 12.9. The highest BCUT2D eigenvalue weighted by Crippen LogP contribution is 2.30. The minimum atomic E-state index is -0.236. The van der Waals surface area contributed by atoms with Crippen LogP contribution in [0.5, 0.6) is 0 Å². The van der Waals surface area contributed by atoms with Crippen LogP contribution in [0.1, 0.15) is 66.2 Å². The predicted octanol–water partition coefficient (Wildman–Crippen LogP) is 5.44. The number of hydrogen-bond acceptors (Lipinski definition) is 3. The molecule has 2 aliphatic rings. The molecule has 0 aromatic heterocycles. The Morgan fingerprint density at radius 1 is 1.16 bits per heavy atom. The van der Waals surface area contributed by atoms with Crippen molar-refractivity contribution in [2.75, 3.05) is 6.61 Å². The fourth-order valence-corrected chi connectivity index (χ4v) is 3.50. The molecule has 3 heteroatoms. The number of esters is 1. The molecule has 2 atom stereocenters. The fraction of sp³-hybridized carbons (Fsp3) is 0.591. The minimum Gasteiger partial charge on any atom is -0.458 e. The molecule has 3 nitrogen and oxygen atoms in total. The highest BCUT2D eigenvalue weighted by molar-refractivity contribution is 5.66. The molecule has 1 aliphatic heterocycles. The maximum Gasteiger partial charge on any atom is 0.303 e. The molecular formula is C22H32O3. The SMILES string of the molecule is C=C1CC/C=C(\C)CCC2=C(C)CO[C@H]2/C=C(\C)CC[C@@H]1OC(C)=O. The number of ether oxygens (including phenoxy) is 2. The van der Waals surface area contributed by atoms with Crippen LogP contribution in [-0.2, 0) is 14.3 Å². The topological polar surface area (TPSA) is 35.5 Å². The van der Waals surface area contributed by atoms with Crippen LogP contribution in [0.15, 0.2) is 46.6 Å². The zero-order valence-electron chi connectivity index (χ0n) is 16.2. The zero-order chi connectivity index (χ0) is 18.4. The minimum absolute atomic E-state index is 0.103. The molecule has 2 rings (SSSR count). The van der Waals surface area contributed by atoms with E-state index in [1.807, 2.05) is 0 Å². The van der Waals surface area contributed by atoms with Gasteiger partial charge in [-0.1, -0.05) is 29.9 Å². The van der Waals surface area contributed by atoms with Crippen molar-refractivity contribution in [2.45, 2.75) is 78.4 Å². The number of fused-ring (bicyclic) bond motifs is 1. The molecule has 0 spiro atoms. The van der Waals surface area contributed by atoms with Gasteiger partial charge in [0.05, 0.1) is 12.7 Å². The average molecular weight is 344 g/mol. The first-order chi connectivity index (χ1) is 11.9. The van der Waals surface area contributed by atoms with E-state index in [1.165, 1.54) is 29.2 Å². The van der Waals surface area contributed by atoms with Gasteiger partial charge in [-0.15, -0.1) is 0 Å². The van der Waals surface area contributed by atoms with Crippen molar-refractivity contribution < 1.29 is 14.3 Å². The molecule has 0 N–H and O–H groups in total. The van der Waals surface area contributed by atoms with Crippen molar-refractivity contribution in [3.63, 3.8) is 0 Å². The molecule has 0 saturated carbocycles. The Bertz CT molecular complexity index is 607. The van der Waals surface area contributed by atoms with E-state index in [9.17, 15) is 4.79 Å². The first-order valence-electron chi connectivity index (χ1n) is 9.34. The highest BCUT2D eigenvalue weighted by Gasteiger charge is 2.23. The second-order valence-electron chi connectivity index (χ2n) is 7.43. The molecule has 0 aromatic carbocycles. The molecule has 0 bridgehead atoms. The fourth-order valence-electron chi connectivity index (χ4n) is 3.50. The quantitative estimate of drug-likeness (QED) is 0.469. The summed E-state index contributed by atoms with van der Waals surface area (Å²) < 4.78 is 11.5. The number of carbonyl (C=O) groups is 1. The summed E-state index contributed by atoms with van der Waals surface area (Å²) in [4.78, 5) is 11.4. The van der Waals surface area contributed by atoms with Crippen molar-refractivity contribution in [1.82, 2.24) is 0 Å². The summed E-state index contributed by atoms with van der Waals surface area (Å²) in [5.41, 5.74) is 6.51. The van der Waals surface area contributed by atoms with E-state index in [0.29, 0.717) is 0 Å². The summed E-state index contributed by atoms with van der Waals surface area (Å²) >= 11 is 0. The molecule has 0 amide bonds. The maximum absolute atomic E-state index is 11.4. The number of hydrogen-bond donors (Lipinski definition) is 0. The van der Waals surface area contributed by atoms with Gasteiger partial charge in [0.2, 0.25) is 0 Å².